The van der Waals surface area contributed by atoms with Crippen LogP contribution in [0.4, 0.5) is 5.69 Å². The average molecular weight is 317 g/mol. The molecule has 6 nitrogen and oxygen atoms in total. The van der Waals surface area contributed by atoms with Gasteiger partial charge < -0.3 is 15.8 Å². The minimum Gasteiger partial charge on any atom is -0.371 e. The molecule has 1 aromatic rings. The molecular formula is C17H23N3O3. The second-order valence-corrected chi connectivity index (χ2v) is 5.11. The number of hydrogen-bond donors (Lipinski definition) is 2. The molecule has 0 aromatic carbocycles. The van der Waals surface area contributed by atoms with E-state index < -0.39 is 12.0 Å². The lowest BCUT2D eigenvalue weighted by Gasteiger charge is -2.25. The van der Waals surface area contributed by atoms with Crippen LogP contribution in [-0.4, -0.2) is 30.0 Å². The van der Waals surface area contributed by atoms with Crippen molar-refractivity contribution < 1.29 is 14.3 Å². The fourth-order valence-corrected chi connectivity index (χ4v) is 2.30. The summed E-state index contributed by atoms with van der Waals surface area (Å²) < 4.78 is 5.37. The first-order valence-corrected chi connectivity index (χ1v) is 7.35. The third kappa shape index (κ3) is 5.03. The van der Waals surface area contributed by atoms with Crippen molar-refractivity contribution in [1.82, 2.24) is 4.98 Å². The van der Waals surface area contributed by atoms with Gasteiger partial charge in [0.1, 0.15) is 11.8 Å². The molecule has 1 unspecified atom stereocenters. The molecule has 0 bridgehead atoms. The molecular weight excluding hydrogens is 294 g/mol. The Morgan fingerprint density at radius 1 is 1.52 bits per heavy atom. The lowest BCUT2D eigenvalue weighted by molar-refractivity contribution is -0.128. The summed E-state index contributed by atoms with van der Waals surface area (Å²) in [6, 6.07) is 3.00. The van der Waals surface area contributed by atoms with Gasteiger partial charge in [0.2, 0.25) is 0 Å². The Morgan fingerprint density at radius 3 is 2.74 bits per heavy atom. The van der Waals surface area contributed by atoms with Gasteiger partial charge in [0.15, 0.2) is 0 Å². The number of rotatable bonds is 9. The SMILES string of the molecule is C=CC(=C)[C@H](CCC)C(OC)C(=O)Nc1ccnc(C(N)=O)c1. The summed E-state index contributed by atoms with van der Waals surface area (Å²) in [5, 5.41) is 2.72. The Labute approximate surface area is 136 Å². The summed E-state index contributed by atoms with van der Waals surface area (Å²) >= 11 is 0. The molecule has 0 saturated heterocycles. The van der Waals surface area contributed by atoms with Gasteiger partial charge in [-0.1, -0.05) is 32.6 Å². The van der Waals surface area contributed by atoms with E-state index in [1.54, 1.807) is 12.1 Å². The second kappa shape index (κ2) is 8.85. The quantitative estimate of drug-likeness (QED) is 0.683. The number of methoxy groups -OCH3 is 1. The van der Waals surface area contributed by atoms with E-state index in [9.17, 15) is 9.59 Å². The number of primary amides is 1. The molecule has 0 radical (unpaired) electrons. The topological polar surface area (TPSA) is 94.3 Å². The number of nitrogens with two attached hydrogens (primary N) is 1. The lowest BCUT2D eigenvalue weighted by atomic mass is 9.89. The minimum atomic E-state index is -0.703. The molecule has 1 rings (SSSR count). The number of hydrogen-bond acceptors (Lipinski definition) is 4. The van der Waals surface area contributed by atoms with E-state index in [4.69, 9.17) is 10.5 Å². The third-order valence-corrected chi connectivity index (χ3v) is 3.50. The average Bonchev–Trinajstić information content (AvgIpc) is 2.54. The molecule has 1 heterocycles. The predicted molar refractivity (Wildman–Crippen MR) is 89.9 cm³/mol. The molecule has 3 N–H and O–H groups in total. The molecule has 0 aliphatic heterocycles. The van der Waals surface area contributed by atoms with E-state index in [0.29, 0.717) is 5.69 Å². The lowest BCUT2D eigenvalue weighted by Crippen LogP contribution is -2.37. The van der Waals surface area contributed by atoms with Crippen LogP contribution in [0.2, 0.25) is 0 Å². The zero-order valence-corrected chi connectivity index (χ0v) is 13.5. The summed E-state index contributed by atoms with van der Waals surface area (Å²) in [5.74, 6) is -1.15. The Bertz CT molecular complexity index is 599. The zero-order valence-electron chi connectivity index (χ0n) is 13.5. The van der Waals surface area contributed by atoms with E-state index in [1.807, 2.05) is 6.92 Å². The largest absolute Gasteiger partial charge is 0.371 e. The van der Waals surface area contributed by atoms with Gasteiger partial charge in [-0.05, 0) is 24.1 Å². The van der Waals surface area contributed by atoms with Gasteiger partial charge in [-0.15, -0.1) is 0 Å². The molecule has 1 aromatic heterocycles. The smallest absolute Gasteiger partial charge is 0.267 e. The normalized spacial score (nSPS) is 13.0. The fourth-order valence-electron chi connectivity index (χ4n) is 2.30. The number of pyridine rings is 1. The highest BCUT2D eigenvalue weighted by Gasteiger charge is 2.29. The van der Waals surface area contributed by atoms with Gasteiger partial charge in [0.25, 0.3) is 11.8 Å². The number of nitrogens with one attached hydrogen (secondary N) is 1. The van der Waals surface area contributed by atoms with Crippen LogP contribution in [0.25, 0.3) is 0 Å². The number of carbonyl (C=O) groups excluding carboxylic acids is 2. The molecule has 2 amide bonds. The van der Waals surface area contributed by atoms with Gasteiger partial charge >= 0.3 is 0 Å². The fraction of sp³-hybridized carbons (Fsp3) is 0.353. The van der Waals surface area contributed by atoms with E-state index in [2.05, 4.69) is 23.5 Å². The number of nitrogens with zero attached hydrogens (tertiary/aromatic N) is 1. The van der Waals surface area contributed by atoms with Crippen molar-refractivity contribution >= 4 is 17.5 Å². The van der Waals surface area contributed by atoms with Crippen molar-refractivity contribution in [2.45, 2.75) is 25.9 Å². The number of allylic oxidation sites excluding steroid dienone is 1. The highest BCUT2D eigenvalue weighted by Crippen LogP contribution is 2.24. The Hall–Kier alpha value is -2.47. The maximum atomic E-state index is 12.5. The van der Waals surface area contributed by atoms with Crippen LogP contribution in [0, 0.1) is 5.92 Å². The van der Waals surface area contributed by atoms with Gasteiger partial charge in [0, 0.05) is 24.9 Å². The molecule has 6 heteroatoms. The molecule has 2 atom stereocenters. The van der Waals surface area contributed by atoms with E-state index in [1.165, 1.54) is 19.4 Å². The molecule has 124 valence electrons. The number of ether oxygens (including phenoxy) is 1. The second-order valence-electron chi connectivity index (χ2n) is 5.11. The van der Waals surface area contributed by atoms with Crippen LogP contribution in [0.5, 0.6) is 0 Å². The van der Waals surface area contributed by atoms with Crippen molar-refractivity contribution in [3.05, 3.63) is 48.8 Å². The first-order chi connectivity index (χ1) is 10.9. The molecule has 0 fully saturated rings. The first kappa shape index (κ1) is 18.6. The number of amides is 2. The maximum absolute atomic E-state index is 12.5. The van der Waals surface area contributed by atoms with Crippen molar-refractivity contribution in [1.29, 1.82) is 0 Å². The van der Waals surface area contributed by atoms with Gasteiger partial charge in [-0.25, -0.2) is 0 Å². The van der Waals surface area contributed by atoms with E-state index >= 15 is 0 Å². The van der Waals surface area contributed by atoms with E-state index in [-0.39, 0.29) is 17.5 Å². The molecule has 23 heavy (non-hydrogen) atoms. The van der Waals surface area contributed by atoms with Crippen LogP contribution >= 0.6 is 0 Å². The van der Waals surface area contributed by atoms with Crippen molar-refractivity contribution in [3.8, 4) is 0 Å². The van der Waals surface area contributed by atoms with E-state index in [0.717, 1.165) is 18.4 Å². The molecule has 0 spiro atoms. The summed E-state index contributed by atoms with van der Waals surface area (Å²) in [7, 11) is 1.48. The van der Waals surface area contributed by atoms with Crippen LogP contribution in [0.1, 0.15) is 30.3 Å². The standard InChI is InChI=1S/C17H23N3O3/c1-5-7-13(11(3)6-2)15(23-4)17(22)20-12-8-9-19-14(10-12)16(18)21/h6,8-10,13,15H,2-3,5,7H2,1,4H3,(H2,18,21)(H,19,20,22)/t13-,15?/m0/s1. The van der Waals surface area contributed by atoms with Crippen LogP contribution in [0.3, 0.4) is 0 Å². The predicted octanol–water partition coefficient (Wildman–Crippen LogP) is 2.29. The number of aromatic nitrogens is 1. The summed E-state index contributed by atoms with van der Waals surface area (Å²) in [4.78, 5) is 27.5. The van der Waals surface area contributed by atoms with Gasteiger partial charge in [-0.3, -0.25) is 14.6 Å². The van der Waals surface area contributed by atoms with Crippen molar-refractivity contribution in [2.24, 2.45) is 11.7 Å². The van der Waals surface area contributed by atoms with Crippen molar-refractivity contribution in [3.63, 3.8) is 0 Å². The Kier molecular flexibility index (Phi) is 7.15. The summed E-state index contributed by atoms with van der Waals surface area (Å²) in [6.45, 7) is 9.67. The zero-order chi connectivity index (χ0) is 17.4. The first-order valence-electron chi connectivity index (χ1n) is 7.35. The van der Waals surface area contributed by atoms with Gasteiger partial charge in [-0.2, -0.15) is 0 Å². The van der Waals surface area contributed by atoms with Crippen LogP contribution < -0.4 is 11.1 Å². The summed E-state index contributed by atoms with van der Waals surface area (Å²) in [6.07, 6.45) is 3.97. The van der Waals surface area contributed by atoms with Crippen LogP contribution in [0.15, 0.2) is 43.1 Å². The highest BCUT2D eigenvalue weighted by molar-refractivity contribution is 5.96. The number of anilines is 1. The highest BCUT2D eigenvalue weighted by atomic mass is 16.5. The molecule has 0 aliphatic carbocycles. The molecule has 0 saturated carbocycles. The Balaban J connectivity index is 2.95. The Morgan fingerprint density at radius 2 is 2.22 bits per heavy atom. The van der Waals surface area contributed by atoms with Gasteiger partial charge in [0.05, 0.1) is 0 Å². The molecule has 0 aliphatic rings. The maximum Gasteiger partial charge on any atom is 0.267 e. The monoisotopic (exact) mass is 317 g/mol. The number of carbonyl (C=O) groups is 2. The summed E-state index contributed by atoms with van der Waals surface area (Å²) in [5.41, 5.74) is 6.45. The van der Waals surface area contributed by atoms with Crippen molar-refractivity contribution in [2.75, 3.05) is 12.4 Å². The third-order valence-electron chi connectivity index (χ3n) is 3.50. The minimum absolute atomic E-state index is 0.0809. The van der Waals surface area contributed by atoms with Crippen LogP contribution in [-0.2, 0) is 9.53 Å².